The van der Waals surface area contributed by atoms with Crippen molar-refractivity contribution < 1.29 is 19.1 Å². The van der Waals surface area contributed by atoms with Gasteiger partial charge in [0.1, 0.15) is 23.4 Å². The Labute approximate surface area is 203 Å². The Morgan fingerprint density at radius 3 is 2.80 bits per heavy atom. The highest BCUT2D eigenvalue weighted by Gasteiger charge is 2.24. The van der Waals surface area contributed by atoms with Crippen molar-refractivity contribution in [3.8, 4) is 6.07 Å². The number of aldehydes is 1. The maximum atomic E-state index is 12.8. The number of hydrogen-bond acceptors (Lipinski definition) is 8. The zero-order valence-electron chi connectivity index (χ0n) is 19.7. The summed E-state index contributed by atoms with van der Waals surface area (Å²) in [6, 6.07) is 6.68. The Morgan fingerprint density at radius 1 is 1.34 bits per heavy atom. The lowest BCUT2D eigenvalue weighted by Crippen LogP contribution is -2.48. The van der Waals surface area contributed by atoms with Crippen LogP contribution in [0.5, 0.6) is 0 Å². The molecule has 182 valence electrons. The average Bonchev–Trinajstić information content (AvgIpc) is 2.83. The number of rotatable bonds is 7. The third kappa shape index (κ3) is 5.62. The SMILES string of the molecule is CN1CCN(Cc2ccc(N(C)C(=O)Nc3cc(CC4COC4)c(C#N)cn3)nc2C=O)C(=O)C1. The number of nitriles is 1. The molecule has 0 aliphatic carbocycles. The van der Waals surface area contributed by atoms with Crippen molar-refractivity contribution in [2.75, 3.05) is 57.2 Å². The number of nitrogens with zero attached hydrogens (tertiary/aromatic N) is 6. The van der Waals surface area contributed by atoms with Crippen LogP contribution in [0.1, 0.15) is 27.2 Å². The molecule has 2 aromatic heterocycles. The topological polar surface area (TPSA) is 132 Å². The molecule has 11 nitrogen and oxygen atoms in total. The second-order valence-electron chi connectivity index (χ2n) is 8.82. The number of amides is 3. The lowest BCUT2D eigenvalue weighted by molar-refractivity contribution is -0.136. The first kappa shape index (κ1) is 24.3. The Bertz CT molecular complexity index is 1170. The fraction of sp³-hybridized carbons (Fsp3) is 0.417. The highest BCUT2D eigenvalue weighted by atomic mass is 16.5. The first-order chi connectivity index (χ1) is 16.9. The predicted octanol–water partition coefficient (Wildman–Crippen LogP) is 1.29. The number of nitrogens with one attached hydrogen (secondary N) is 1. The fourth-order valence-corrected chi connectivity index (χ4v) is 3.96. The molecule has 35 heavy (non-hydrogen) atoms. The molecule has 11 heteroatoms. The van der Waals surface area contributed by atoms with E-state index in [1.165, 1.54) is 18.1 Å². The molecule has 1 N–H and O–H groups in total. The summed E-state index contributed by atoms with van der Waals surface area (Å²) >= 11 is 0. The zero-order valence-corrected chi connectivity index (χ0v) is 19.7. The van der Waals surface area contributed by atoms with Gasteiger partial charge in [-0.05, 0) is 31.2 Å². The summed E-state index contributed by atoms with van der Waals surface area (Å²) in [5.74, 6) is 0.937. The van der Waals surface area contributed by atoms with Gasteiger partial charge < -0.3 is 9.64 Å². The Hall–Kier alpha value is -3.88. The van der Waals surface area contributed by atoms with Crippen molar-refractivity contribution in [1.29, 1.82) is 5.26 Å². The van der Waals surface area contributed by atoms with Crippen molar-refractivity contribution in [1.82, 2.24) is 19.8 Å². The van der Waals surface area contributed by atoms with Crippen LogP contribution in [0.25, 0.3) is 0 Å². The van der Waals surface area contributed by atoms with Crippen molar-refractivity contribution in [3.05, 3.63) is 46.8 Å². The average molecular weight is 478 g/mol. The number of urea groups is 1. The van der Waals surface area contributed by atoms with Gasteiger partial charge in [-0.15, -0.1) is 0 Å². The maximum absolute atomic E-state index is 12.8. The van der Waals surface area contributed by atoms with E-state index in [1.54, 1.807) is 23.1 Å². The number of pyridine rings is 2. The van der Waals surface area contributed by atoms with E-state index in [0.29, 0.717) is 61.9 Å². The van der Waals surface area contributed by atoms with Crippen LogP contribution in [0.4, 0.5) is 16.4 Å². The van der Waals surface area contributed by atoms with Gasteiger partial charge in [0.2, 0.25) is 5.91 Å². The number of anilines is 2. The summed E-state index contributed by atoms with van der Waals surface area (Å²) in [4.78, 5) is 50.3. The predicted molar refractivity (Wildman–Crippen MR) is 127 cm³/mol. The first-order valence-electron chi connectivity index (χ1n) is 11.3. The van der Waals surface area contributed by atoms with Crippen molar-refractivity contribution >= 4 is 29.9 Å². The molecule has 0 bridgehead atoms. The van der Waals surface area contributed by atoms with Crippen LogP contribution in [0.2, 0.25) is 0 Å². The van der Waals surface area contributed by atoms with Gasteiger partial charge in [0.15, 0.2) is 6.29 Å². The van der Waals surface area contributed by atoms with E-state index < -0.39 is 6.03 Å². The molecule has 2 saturated heterocycles. The van der Waals surface area contributed by atoms with Gasteiger partial charge >= 0.3 is 6.03 Å². The monoisotopic (exact) mass is 477 g/mol. The number of likely N-dealkylation sites (N-methyl/N-ethyl adjacent to an activating group) is 1. The molecule has 2 aliphatic rings. The maximum Gasteiger partial charge on any atom is 0.328 e. The standard InChI is InChI=1S/C24H27N7O4/c1-29-5-6-31(23(33)12-29)11-17-3-4-22(27-20(17)13-32)30(2)24(34)28-21-8-18(7-16-14-35-15-16)19(9-25)10-26-21/h3-4,8,10,13,16H,5-7,11-12,14-15H2,1-2H3,(H,26,28,34). The molecule has 0 spiro atoms. The molecule has 3 amide bonds. The normalized spacial score (nSPS) is 16.4. The zero-order chi connectivity index (χ0) is 24.9. The molecule has 0 unspecified atom stereocenters. The van der Waals surface area contributed by atoms with Gasteiger partial charge in [-0.1, -0.05) is 6.07 Å². The Balaban J connectivity index is 1.45. The summed E-state index contributed by atoms with van der Waals surface area (Å²) in [5.41, 5.74) is 2.07. The summed E-state index contributed by atoms with van der Waals surface area (Å²) < 4.78 is 5.21. The summed E-state index contributed by atoms with van der Waals surface area (Å²) in [7, 11) is 3.42. The van der Waals surface area contributed by atoms with Gasteiger partial charge in [-0.3, -0.25) is 24.7 Å². The number of piperazine rings is 1. The van der Waals surface area contributed by atoms with E-state index in [1.807, 2.05) is 11.9 Å². The molecule has 0 saturated carbocycles. The molecule has 0 radical (unpaired) electrons. The largest absolute Gasteiger partial charge is 0.381 e. The molecule has 0 aromatic carbocycles. The van der Waals surface area contributed by atoms with Crippen LogP contribution in [0.3, 0.4) is 0 Å². The van der Waals surface area contributed by atoms with Crippen LogP contribution < -0.4 is 10.2 Å². The number of aromatic nitrogens is 2. The van der Waals surface area contributed by atoms with E-state index in [4.69, 9.17) is 4.74 Å². The molecule has 2 fully saturated rings. The summed E-state index contributed by atoms with van der Waals surface area (Å²) in [6.45, 7) is 3.27. The van der Waals surface area contributed by atoms with E-state index in [2.05, 4.69) is 21.4 Å². The minimum atomic E-state index is -0.494. The van der Waals surface area contributed by atoms with Gasteiger partial charge in [-0.25, -0.2) is 14.8 Å². The van der Waals surface area contributed by atoms with Crippen LogP contribution >= 0.6 is 0 Å². The van der Waals surface area contributed by atoms with Crippen LogP contribution in [0.15, 0.2) is 24.4 Å². The molecular formula is C24H27N7O4. The molecular weight excluding hydrogens is 450 g/mol. The summed E-state index contributed by atoms with van der Waals surface area (Å²) in [5, 5.41) is 12.1. The smallest absolute Gasteiger partial charge is 0.328 e. The number of hydrogen-bond donors (Lipinski definition) is 1. The van der Waals surface area contributed by atoms with Gasteiger partial charge in [0.25, 0.3) is 0 Å². The van der Waals surface area contributed by atoms with Gasteiger partial charge in [-0.2, -0.15) is 5.26 Å². The van der Waals surface area contributed by atoms with E-state index in [9.17, 15) is 19.6 Å². The molecule has 2 aliphatic heterocycles. The van der Waals surface area contributed by atoms with E-state index in [0.717, 1.165) is 12.1 Å². The third-order valence-corrected chi connectivity index (χ3v) is 6.19. The quantitative estimate of drug-likeness (QED) is 0.590. The lowest BCUT2D eigenvalue weighted by Gasteiger charge is -2.32. The fourth-order valence-electron chi connectivity index (χ4n) is 3.96. The Morgan fingerprint density at radius 2 is 2.14 bits per heavy atom. The lowest BCUT2D eigenvalue weighted by atomic mass is 9.96. The van der Waals surface area contributed by atoms with E-state index in [-0.39, 0.29) is 24.0 Å². The second-order valence-corrected chi connectivity index (χ2v) is 8.82. The van der Waals surface area contributed by atoms with E-state index >= 15 is 0 Å². The van der Waals surface area contributed by atoms with Crippen LogP contribution in [-0.4, -0.2) is 84.9 Å². The Kier molecular flexibility index (Phi) is 7.33. The second kappa shape index (κ2) is 10.6. The van der Waals surface area contributed by atoms with Crippen molar-refractivity contribution in [3.63, 3.8) is 0 Å². The molecule has 2 aromatic rings. The first-order valence-corrected chi connectivity index (χ1v) is 11.3. The van der Waals surface area contributed by atoms with Crippen molar-refractivity contribution in [2.24, 2.45) is 5.92 Å². The number of carbonyl (C=O) groups excluding carboxylic acids is 3. The van der Waals surface area contributed by atoms with Crippen LogP contribution in [-0.2, 0) is 22.5 Å². The molecule has 0 atom stereocenters. The van der Waals surface area contributed by atoms with Crippen LogP contribution in [0, 0.1) is 17.2 Å². The minimum Gasteiger partial charge on any atom is -0.381 e. The molecule has 4 heterocycles. The third-order valence-electron chi connectivity index (χ3n) is 6.19. The summed E-state index contributed by atoms with van der Waals surface area (Å²) in [6.07, 6.45) is 2.75. The van der Waals surface area contributed by atoms with Crippen molar-refractivity contribution in [2.45, 2.75) is 13.0 Å². The number of carbonyl (C=O) groups is 3. The highest BCUT2D eigenvalue weighted by Crippen LogP contribution is 2.22. The van der Waals surface area contributed by atoms with Gasteiger partial charge in [0, 0.05) is 44.4 Å². The highest BCUT2D eigenvalue weighted by molar-refractivity contribution is 6.00. The number of ether oxygens (including phenoxy) is 1. The van der Waals surface area contributed by atoms with Gasteiger partial charge in [0.05, 0.1) is 25.3 Å². The molecule has 4 rings (SSSR count). The minimum absolute atomic E-state index is 0.00436.